The molecule has 1 atom stereocenters. The molecule has 0 saturated carbocycles. The summed E-state index contributed by atoms with van der Waals surface area (Å²) in [6.07, 6.45) is 4.41. The lowest BCUT2D eigenvalue weighted by Crippen LogP contribution is -2.40. The zero-order valence-electron chi connectivity index (χ0n) is 17.7. The second kappa shape index (κ2) is 7.49. The van der Waals surface area contributed by atoms with Crippen LogP contribution in [0.15, 0.2) is 36.8 Å². The van der Waals surface area contributed by atoms with E-state index in [4.69, 9.17) is 9.97 Å². The van der Waals surface area contributed by atoms with Crippen LogP contribution in [0.3, 0.4) is 0 Å². The van der Waals surface area contributed by atoms with E-state index in [1.165, 1.54) is 23.7 Å². The molecule has 4 heterocycles. The fourth-order valence-corrected chi connectivity index (χ4v) is 4.99. The molecule has 0 fully saturated rings. The van der Waals surface area contributed by atoms with E-state index >= 15 is 0 Å². The Hall–Kier alpha value is -3.20. The number of fused-ring (bicyclic) bond motifs is 3. The minimum atomic E-state index is -0.265. The molecular formula is C22H22FN7S. The average Bonchev–Trinajstić information content (AvgIpc) is 3.42. The molecule has 1 aliphatic rings. The lowest BCUT2D eigenvalue weighted by Gasteiger charge is -2.40. The molecule has 9 heteroatoms. The molecule has 0 saturated heterocycles. The summed E-state index contributed by atoms with van der Waals surface area (Å²) in [4.78, 5) is 13.1. The highest BCUT2D eigenvalue weighted by Crippen LogP contribution is 2.42. The van der Waals surface area contributed by atoms with Gasteiger partial charge in [0.2, 0.25) is 0 Å². The van der Waals surface area contributed by atoms with Gasteiger partial charge in [0.05, 0.1) is 28.4 Å². The van der Waals surface area contributed by atoms with Crippen LogP contribution in [0.2, 0.25) is 0 Å². The van der Waals surface area contributed by atoms with Gasteiger partial charge in [0, 0.05) is 6.04 Å². The van der Waals surface area contributed by atoms with Gasteiger partial charge in [-0.1, -0.05) is 19.1 Å². The molecule has 31 heavy (non-hydrogen) atoms. The molecule has 0 radical (unpaired) electrons. The van der Waals surface area contributed by atoms with Gasteiger partial charge >= 0.3 is 0 Å². The molecule has 0 spiro atoms. The fourth-order valence-electron chi connectivity index (χ4n) is 4.24. The van der Waals surface area contributed by atoms with Crippen molar-refractivity contribution in [2.45, 2.75) is 46.2 Å². The van der Waals surface area contributed by atoms with Crippen molar-refractivity contribution in [2.75, 3.05) is 4.90 Å². The maximum absolute atomic E-state index is 13.4. The monoisotopic (exact) mass is 435 g/mol. The highest BCUT2D eigenvalue weighted by molar-refractivity contribution is 7.10. The Bertz CT molecular complexity index is 1250. The summed E-state index contributed by atoms with van der Waals surface area (Å²) in [5, 5.41) is 8.55. The predicted octanol–water partition coefficient (Wildman–Crippen LogP) is 4.97. The number of benzene rings is 1. The number of anilines is 1. The van der Waals surface area contributed by atoms with Gasteiger partial charge in [0.1, 0.15) is 17.8 Å². The number of hydrogen-bond acceptors (Lipinski definition) is 7. The van der Waals surface area contributed by atoms with Gasteiger partial charge in [-0.2, -0.15) is 4.37 Å². The number of aromatic nitrogens is 6. The van der Waals surface area contributed by atoms with E-state index in [1.807, 2.05) is 11.5 Å². The van der Waals surface area contributed by atoms with E-state index < -0.39 is 0 Å². The maximum atomic E-state index is 13.4. The Morgan fingerprint density at radius 3 is 2.65 bits per heavy atom. The molecule has 0 N–H and O–H groups in total. The van der Waals surface area contributed by atoms with Crippen molar-refractivity contribution in [1.29, 1.82) is 0 Å². The van der Waals surface area contributed by atoms with Gasteiger partial charge in [-0.3, -0.25) is 4.57 Å². The third kappa shape index (κ3) is 3.11. The van der Waals surface area contributed by atoms with Gasteiger partial charge in [-0.15, -0.1) is 10.2 Å². The zero-order valence-corrected chi connectivity index (χ0v) is 18.6. The number of rotatable bonds is 4. The summed E-state index contributed by atoms with van der Waals surface area (Å²) in [7, 11) is 0. The van der Waals surface area contributed by atoms with E-state index in [0.29, 0.717) is 5.82 Å². The smallest absolute Gasteiger partial charge is 0.165 e. The number of hydrogen-bond donors (Lipinski definition) is 0. The molecule has 0 aliphatic carbocycles. The third-order valence-corrected chi connectivity index (χ3v) is 6.44. The summed E-state index contributed by atoms with van der Waals surface area (Å²) in [6, 6.07) is 6.72. The van der Waals surface area contributed by atoms with Crippen LogP contribution >= 0.6 is 11.5 Å². The molecule has 0 amide bonds. The van der Waals surface area contributed by atoms with E-state index in [1.54, 1.807) is 24.7 Å². The van der Waals surface area contributed by atoms with Crippen molar-refractivity contribution in [3.8, 4) is 27.5 Å². The number of aryl methyl sites for hydroxylation is 1. The second-order valence-electron chi connectivity index (χ2n) is 7.86. The summed E-state index contributed by atoms with van der Waals surface area (Å²) in [5.74, 6) is 2.13. The van der Waals surface area contributed by atoms with Gasteiger partial charge < -0.3 is 4.90 Å². The first-order valence-electron chi connectivity index (χ1n) is 10.3. The lowest BCUT2D eigenvalue weighted by atomic mass is 10.1. The van der Waals surface area contributed by atoms with Crippen molar-refractivity contribution < 1.29 is 4.39 Å². The SMILES string of the molecule is CC[C@@H]1c2nncn2-c2c(C)nc(-c3cnsc3-c3ccc(F)cc3)nc2N1C(C)C. The summed E-state index contributed by atoms with van der Waals surface area (Å²) >= 11 is 1.36. The molecule has 1 aromatic carbocycles. The van der Waals surface area contributed by atoms with Gasteiger partial charge in [-0.05, 0) is 56.4 Å². The fraction of sp³-hybridized carbons (Fsp3) is 0.318. The van der Waals surface area contributed by atoms with Crippen molar-refractivity contribution in [1.82, 2.24) is 29.1 Å². The first kappa shape index (κ1) is 19.7. The van der Waals surface area contributed by atoms with Gasteiger partial charge in [0.25, 0.3) is 0 Å². The molecule has 5 rings (SSSR count). The van der Waals surface area contributed by atoms with Crippen LogP contribution in [-0.4, -0.2) is 35.1 Å². The Kier molecular flexibility index (Phi) is 4.77. The first-order valence-corrected chi connectivity index (χ1v) is 11.0. The molecule has 0 unspecified atom stereocenters. The number of halogens is 1. The van der Waals surface area contributed by atoms with Crippen molar-refractivity contribution >= 4 is 17.4 Å². The largest absolute Gasteiger partial charge is 0.342 e. The lowest BCUT2D eigenvalue weighted by molar-refractivity contribution is 0.497. The summed E-state index contributed by atoms with van der Waals surface area (Å²) in [6.45, 7) is 8.45. The Morgan fingerprint density at radius 2 is 1.94 bits per heavy atom. The molecule has 7 nitrogen and oxygen atoms in total. The number of nitrogens with zero attached hydrogens (tertiary/aromatic N) is 7. The normalized spacial score (nSPS) is 15.3. The highest BCUT2D eigenvalue weighted by atomic mass is 32.1. The molecule has 1 aliphatic heterocycles. The van der Waals surface area contributed by atoms with Crippen LogP contribution in [-0.2, 0) is 0 Å². The topological polar surface area (TPSA) is 72.6 Å². The van der Waals surface area contributed by atoms with Crippen LogP contribution in [0.4, 0.5) is 10.2 Å². The minimum Gasteiger partial charge on any atom is -0.342 e. The standard InChI is InChI=1S/C22H22FN7S/c1-5-17-21-28-24-11-29(21)18-13(4)26-20(27-22(18)30(17)12(2)3)16-10-25-31-19(16)14-6-8-15(23)9-7-14/h6-12,17H,5H2,1-4H3/t17-/m1/s1. The minimum absolute atomic E-state index is 0.0781. The van der Waals surface area contributed by atoms with E-state index in [9.17, 15) is 4.39 Å². The quantitative estimate of drug-likeness (QED) is 0.450. The molecule has 4 aromatic rings. The van der Waals surface area contributed by atoms with E-state index in [-0.39, 0.29) is 17.9 Å². The Balaban J connectivity index is 1.71. The van der Waals surface area contributed by atoms with Crippen LogP contribution < -0.4 is 4.90 Å². The van der Waals surface area contributed by atoms with Crippen LogP contribution in [0.25, 0.3) is 27.5 Å². The molecular weight excluding hydrogens is 413 g/mol. The van der Waals surface area contributed by atoms with Crippen LogP contribution in [0.1, 0.15) is 44.8 Å². The maximum Gasteiger partial charge on any atom is 0.165 e. The molecule has 3 aromatic heterocycles. The second-order valence-corrected chi connectivity index (χ2v) is 8.67. The molecule has 0 bridgehead atoms. The third-order valence-electron chi connectivity index (χ3n) is 5.59. The molecule has 158 valence electrons. The van der Waals surface area contributed by atoms with Crippen LogP contribution in [0, 0.1) is 12.7 Å². The highest BCUT2D eigenvalue weighted by Gasteiger charge is 2.36. The Labute approximate surface area is 183 Å². The van der Waals surface area contributed by atoms with E-state index in [0.717, 1.165) is 45.4 Å². The van der Waals surface area contributed by atoms with Crippen molar-refractivity contribution in [3.63, 3.8) is 0 Å². The predicted molar refractivity (Wildman–Crippen MR) is 119 cm³/mol. The Morgan fingerprint density at radius 1 is 1.16 bits per heavy atom. The van der Waals surface area contributed by atoms with Gasteiger partial charge in [0.15, 0.2) is 17.5 Å². The average molecular weight is 436 g/mol. The van der Waals surface area contributed by atoms with E-state index in [2.05, 4.69) is 40.2 Å². The first-order chi connectivity index (χ1) is 15.0. The van der Waals surface area contributed by atoms with Crippen molar-refractivity contribution in [3.05, 3.63) is 54.1 Å². The summed E-state index contributed by atoms with van der Waals surface area (Å²) < 4.78 is 19.8. The zero-order chi connectivity index (χ0) is 21.7. The van der Waals surface area contributed by atoms with Gasteiger partial charge in [-0.25, -0.2) is 14.4 Å². The van der Waals surface area contributed by atoms with Crippen LogP contribution in [0.5, 0.6) is 0 Å². The summed E-state index contributed by atoms with van der Waals surface area (Å²) in [5.41, 5.74) is 3.49. The van der Waals surface area contributed by atoms with Crippen molar-refractivity contribution in [2.24, 2.45) is 0 Å².